The molecule has 1 aliphatic heterocycles. The molecule has 0 radical (unpaired) electrons. The Labute approximate surface area is 202 Å². The molecule has 1 aromatic carbocycles. The minimum absolute atomic E-state index is 0.103. The van der Waals surface area contributed by atoms with Gasteiger partial charge >= 0.3 is 0 Å². The van der Waals surface area contributed by atoms with Crippen molar-refractivity contribution in [1.29, 1.82) is 0 Å². The summed E-state index contributed by atoms with van der Waals surface area (Å²) in [7, 11) is 1.63. The molecular weight excluding hydrogens is 450 g/mol. The Kier molecular flexibility index (Phi) is 8.65. The van der Waals surface area contributed by atoms with Gasteiger partial charge in [-0.1, -0.05) is 12.1 Å². The molecule has 1 saturated heterocycles. The Morgan fingerprint density at radius 3 is 2.51 bits per heavy atom. The van der Waals surface area contributed by atoms with Crippen molar-refractivity contribution >= 4 is 23.3 Å². The van der Waals surface area contributed by atoms with Crippen LogP contribution in [0.2, 0.25) is 0 Å². The molecular formula is C24H29N7O4. The van der Waals surface area contributed by atoms with Gasteiger partial charge in [-0.2, -0.15) is 0 Å². The first-order valence-electron chi connectivity index (χ1n) is 11.0. The minimum Gasteiger partial charge on any atom is -0.383 e. The predicted octanol–water partition coefficient (Wildman–Crippen LogP) is 0.931. The molecule has 35 heavy (non-hydrogen) atoms. The molecule has 5 N–H and O–H groups in total. The van der Waals surface area contributed by atoms with Crippen molar-refractivity contribution in [3.05, 3.63) is 75.6 Å². The fourth-order valence-electron chi connectivity index (χ4n) is 3.70. The maximum Gasteiger partial charge on any atom is 0.272 e. The first-order valence-corrected chi connectivity index (χ1v) is 11.0. The number of amides is 2. The summed E-state index contributed by atoms with van der Waals surface area (Å²) < 4.78 is 6.52. The van der Waals surface area contributed by atoms with E-state index in [9.17, 15) is 14.4 Å². The smallest absolute Gasteiger partial charge is 0.272 e. The summed E-state index contributed by atoms with van der Waals surface area (Å²) in [5, 5.41) is 8.23. The number of ether oxygens (including phenoxy) is 1. The largest absolute Gasteiger partial charge is 0.383 e. The van der Waals surface area contributed by atoms with Crippen molar-refractivity contribution < 1.29 is 14.3 Å². The van der Waals surface area contributed by atoms with Crippen molar-refractivity contribution in [2.75, 3.05) is 37.8 Å². The molecule has 4 rings (SSSR count). The fraction of sp³-hybridized carbons (Fsp3) is 0.292. The zero-order valence-corrected chi connectivity index (χ0v) is 19.9. The topological polar surface area (TPSA) is 153 Å². The highest BCUT2D eigenvalue weighted by atomic mass is 16.5. The Balaban J connectivity index is 0.000000420. The van der Waals surface area contributed by atoms with Gasteiger partial charge in [-0.05, 0) is 42.7 Å². The quantitative estimate of drug-likeness (QED) is 0.422. The molecule has 3 heterocycles. The summed E-state index contributed by atoms with van der Waals surface area (Å²) in [5.74, 6) is -0.663. The first kappa shape index (κ1) is 25.5. The third-order valence-corrected chi connectivity index (χ3v) is 5.16. The number of benzene rings is 1. The number of nitrogens with two attached hydrogens (primary N) is 1. The Bertz CT molecular complexity index is 1230. The number of hydrogen-bond acceptors (Lipinski definition) is 8. The number of carbonyl (C=O) groups excluding carboxylic acids is 2. The van der Waals surface area contributed by atoms with E-state index in [-0.39, 0.29) is 17.3 Å². The number of nitrogens with zero attached hydrogens (tertiary/aromatic N) is 3. The first-order chi connectivity index (χ1) is 16.8. The molecule has 0 aliphatic carbocycles. The van der Waals surface area contributed by atoms with E-state index in [1.54, 1.807) is 25.4 Å². The van der Waals surface area contributed by atoms with Gasteiger partial charge in [-0.3, -0.25) is 23.9 Å². The van der Waals surface area contributed by atoms with Crippen LogP contribution in [-0.2, 0) is 16.1 Å². The summed E-state index contributed by atoms with van der Waals surface area (Å²) in [6.45, 7) is 6.42. The zero-order chi connectivity index (χ0) is 25.4. The number of carbonyl (C=O) groups is 2. The molecule has 2 aromatic heterocycles. The van der Waals surface area contributed by atoms with Gasteiger partial charge in [0.25, 0.3) is 11.5 Å². The Morgan fingerprint density at radius 2 is 1.97 bits per heavy atom. The van der Waals surface area contributed by atoms with Gasteiger partial charge in [0.15, 0.2) is 0 Å². The van der Waals surface area contributed by atoms with Crippen LogP contribution in [0, 0.1) is 13.8 Å². The van der Waals surface area contributed by atoms with Crippen LogP contribution < -0.4 is 27.2 Å². The standard InChI is InChI=1S/C20H21N5O3.C4H8N2O/c1-12-7-14(10-28-3)8-13(2)17(12)25-11-23-18(21)16(20(25)27)19(26)24-15-5-4-6-22-9-15;7-4-3-5-1-2-6-4/h4-9,11H,10,21H2,1-3H3,(H,24,26);5H,1-3H2,(H,6,7). The molecule has 1 fully saturated rings. The Morgan fingerprint density at radius 1 is 1.23 bits per heavy atom. The molecule has 0 bridgehead atoms. The molecule has 0 atom stereocenters. The van der Waals surface area contributed by atoms with Crippen molar-refractivity contribution in [1.82, 2.24) is 25.2 Å². The van der Waals surface area contributed by atoms with Gasteiger partial charge in [-0.15, -0.1) is 0 Å². The van der Waals surface area contributed by atoms with Crippen LogP contribution in [0.4, 0.5) is 11.5 Å². The lowest BCUT2D eigenvalue weighted by Gasteiger charge is -2.16. The molecule has 3 aromatic rings. The van der Waals surface area contributed by atoms with Crippen LogP contribution in [0.3, 0.4) is 0 Å². The van der Waals surface area contributed by atoms with Crippen molar-refractivity contribution in [2.45, 2.75) is 20.5 Å². The van der Waals surface area contributed by atoms with E-state index in [0.717, 1.165) is 29.8 Å². The lowest BCUT2D eigenvalue weighted by Crippen LogP contribution is -2.44. The summed E-state index contributed by atoms with van der Waals surface area (Å²) >= 11 is 0. The van der Waals surface area contributed by atoms with Gasteiger partial charge in [0.2, 0.25) is 5.91 Å². The fourth-order valence-corrected chi connectivity index (χ4v) is 3.70. The highest BCUT2D eigenvalue weighted by Gasteiger charge is 2.20. The van der Waals surface area contributed by atoms with Crippen LogP contribution in [0.25, 0.3) is 5.69 Å². The number of methoxy groups -OCH3 is 1. The number of aryl methyl sites for hydroxylation is 2. The normalized spacial score (nSPS) is 12.8. The number of hydrogen-bond donors (Lipinski definition) is 4. The van der Waals surface area contributed by atoms with E-state index in [2.05, 4.69) is 25.9 Å². The highest BCUT2D eigenvalue weighted by molar-refractivity contribution is 6.06. The maximum absolute atomic E-state index is 13.1. The second-order valence-corrected chi connectivity index (χ2v) is 7.91. The number of piperazine rings is 1. The SMILES string of the molecule is COCc1cc(C)c(-n2cnc(N)c(C(=O)Nc3cccnc3)c2=O)c(C)c1.O=C1CNCCN1. The predicted molar refractivity (Wildman–Crippen MR) is 133 cm³/mol. The van der Waals surface area contributed by atoms with E-state index in [4.69, 9.17) is 10.5 Å². The van der Waals surface area contributed by atoms with E-state index >= 15 is 0 Å². The summed E-state index contributed by atoms with van der Waals surface area (Å²) in [5.41, 5.74) is 8.92. The third-order valence-electron chi connectivity index (χ3n) is 5.16. The summed E-state index contributed by atoms with van der Waals surface area (Å²) in [6, 6.07) is 7.21. The van der Waals surface area contributed by atoms with Crippen LogP contribution in [0.5, 0.6) is 0 Å². The third kappa shape index (κ3) is 6.49. The van der Waals surface area contributed by atoms with Crippen molar-refractivity contribution in [2.24, 2.45) is 0 Å². The average Bonchev–Trinajstić information content (AvgIpc) is 2.82. The molecule has 0 unspecified atom stereocenters. The molecule has 0 saturated carbocycles. The van der Waals surface area contributed by atoms with Crippen LogP contribution >= 0.6 is 0 Å². The summed E-state index contributed by atoms with van der Waals surface area (Å²) in [6.07, 6.45) is 4.40. The van der Waals surface area contributed by atoms with E-state index in [1.807, 2.05) is 26.0 Å². The van der Waals surface area contributed by atoms with Gasteiger partial charge < -0.3 is 26.4 Å². The number of aromatic nitrogens is 3. The van der Waals surface area contributed by atoms with E-state index in [0.29, 0.717) is 24.5 Å². The Hall–Kier alpha value is -4.09. The number of nitrogens with one attached hydrogen (secondary N) is 3. The van der Waals surface area contributed by atoms with Crippen LogP contribution in [0.1, 0.15) is 27.0 Å². The summed E-state index contributed by atoms with van der Waals surface area (Å²) in [4.78, 5) is 44.0. The lowest BCUT2D eigenvalue weighted by atomic mass is 10.0. The average molecular weight is 480 g/mol. The maximum atomic E-state index is 13.1. The molecule has 11 heteroatoms. The molecule has 11 nitrogen and oxygen atoms in total. The second-order valence-electron chi connectivity index (χ2n) is 7.91. The molecule has 1 aliphatic rings. The highest BCUT2D eigenvalue weighted by Crippen LogP contribution is 2.21. The monoisotopic (exact) mass is 479 g/mol. The minimum atomic E-state index is -0.636. The van der Waals surface area contributed by atoms with Gasteiger partial charge in [0.1, 0.15) is 17.7 Å². The number of nitrogen functional groups attached to an aromatic ring is 1. The van der Waals surface area contributed by atoms with Gasteiger partial charge in [0.05, 0.1) is 30.7 Å². The number of pyridine rings is 1. The van der Waals surface area contributed by atoms with Crippen molar-refractivity contribution in [3.63, 3.8) is 0 Å². The van der Waals surface area contributed by atoms with Gasteiger partial charge in [-0.25, -0.2) is 4.98 Å². The van der Waals surface area contributed by atoms with E-state index < -0.39 is 11.5 Å². The number of anilines is 2. The molecule has 2 amide bonds. The lowest BCUT2D eigenvalue weighted by molar-refractivity contribution is -0.121. The van der Waals surface area contributed by atoms with Crippen LogP contribution in [0.15, 0.2) is 47.8 Å². The van der Waals surface area contributed by atoms with E-state index in [1.165, 1.54) is 17.1 Å². The van der Waals surface area contributed by atoms with Crippen LogP contribution in [-0.4, -0.2) is 53.1 Å². The second kappa shape index (κ2) is 11.9. The number of rotatable bonds is 5. The molecule has 184 valence electrons. The molecule has 0 spiro atoms. The van der Waals surface area contributed by atoms with Gasteiger partial charge in [0, 0.05) is 26.4 Å². The van der Waals surface area contributed by atoms with Crippen molar-refractivity contribution in [3.8, 4) is 5.69 Å². The zero-order valence-electron chi connectivity index (χ0n) is 19.9.